The van der Waals surface area contributed by atoms with Crippen molar-refractivity contribution in [1.82, 2.24) is 4.98 Å². The maximum Gasteiger partial charge on any atom is 0.248 e. The quantitative estimate of drug-likeness (QED) is 0.367. The first-order chi connectivity index (χ1) is 15.7. The number of sulfone groups is 1. The number of carbonyl (C=O) groups is 1. The Morgan fingerprint density at radius 2 is 1.88 bits per heavy atom. The van der Waals surface area contributed by atoms with E-state index in [1.54, 1.807) is 24.5 Å². The maximum atomic E-state index is 13.9. The number of hydrogen-bond donors (Lipinski definition) is 1. The van der Waals surface area contributed by atoms with E-state index >= 15 is 0 Å². The van der Waals surface area contributed by atoms with Gasteiger partial charge in [-0.2, -0.15) is 0 Å². The molecular weight excluding hydrogens is 443 g/mol. The highest BCUT2D eigenvalue weighted by atomic mass is 32.2. The number of benzene rings is 2. The fourth-order valence-electron chi connectivity index (χ4n) is 2.84. The van der Waals surface area contributed by atoms with E-state index in [-0.39, 0.29) is 22.1 Å². The second-order valence-corrected chi connectivity index (χ2v) is 9.49. The second kappa shape index (κ2) is 10.7. The van der Waals surface area contributed by atoms with Crippen LogP contribution >= 0.6 is 0 Å². The summed E-state index contributed by atoms with van der Waals surface area (Å²) in [7, 11) is -3.74. The molecule has 0 spiro atoms. The molecule has 3 aromatic rings. The van der Waals surface area contributed by atoms with Crippen molar-refractivity contribution in [3.63, 3.8) is 0 Å². The molecule has 0 radical (unpaired) electrons. The highest BCUT2D eigenvalue weighted by Gasteiger charge is 2.17. The molecule has 170 valence electrons. The van der Waals surface area contributed by atoms with Gasteiger partial charge in [-0.3, -0.25) is 9.78 Å². The Balaban J connectivity index is 1.68. The van der Waals surface area contributed by atoms with Crippen LogP contribution < -0.4 is 10.1 Å². The Morgan fingerprint density at radius 3 is 2.55 bits per heavy atom. The molecule has 8 heteroatoms. The summed E-state index contributed by atoms with van der Waals surface area (Å²) >= 11 is 0. The summed E-state index contributed by atoms with van der Waals surface area (Å²) in [4.78, 5) is 16.1. The number of aromatic nitrogens is 1. The van der Waals surface area contributed by atoms with Crippen molar-refractivity contribution in [1.29, 1.82) is 0 Å². The summed E-state index contributed by atoms with van der Waals surface area (Å²) in [5, 5.41) is 2.67. The number of halogens is 1. The number of amides is 1. The van der Waals surface area contributed by atoms with Gasteiger partial charge in [-0.15, -0.1) is 0 Å². The molecule has 0 aliphatic heterocycles. The summed E-state index contributed by atoms with van der Waals surface area (Å²) in [6, 6.07) is 13.2. The fourth-order valence-corrected chi connectivity index (χ4v) is 4.16. The van der Waals surface area contributed by atoms with Crippen LogP contribution in [0.15, 0.2) is 89.8 Å². The zero-order chi connectivity index (χ0) is 23.8. The monoisotopic (exact) mass is 466 g/mol. The highest BCUT2D eigenvalue weighted by molar-refractivity contribution is 7.90. The number of pyridine rings is 1. The smallest absolute Gasteiger partial charge is 0.248 e. The summed E-state index contributed by atoms with van der Waals surface area (Å²) < 4.78 is 44.9. The molecule has 1 N–H and O–H groups in total. The van der Waals surface area contributed by atoms with Gasteiger partial charge in [0.1, 0.15) is 11.6 Å². The van der Waals surface area contributed by atoms with Crippen LogP contribution in [0.2, 0.25) is 0 Å². The van der Waals surface area contributed by atoms with Gasteiger partial charge in [-0.05, 0) is 79.1 Å². The van der Waals surface area contributed by atoms with Gasteiger partial charge < -0.3 is 10.1 Å². The normalized spacial score (nSPS) is 11.2. The molecule has 6 nitrogen and oxygen atoms in total. The van der Waals surface area contributed by atoms with E-state index < -0.39 is 21.4 Å². The molecule has 0 atom stereocenters. The van der Waals surface area contributed by atoms with Crippen LogP contribution in [-0.2, 0) is 20.4 Å². The van der Waals surface area contributed by atoms with Gasteiger partial charge in [-0.1, -0.05) is 6.07 Å². The van der Waals surface area contributed by atoms with Crippen LogP contribution in [0.3, 0.4) is 0 Å². The molecule has 0 fully saturated rings. The van der Waals surface area contributed by atoms with Gasteiger partial charge in [0.15, 0.2) is 9.84 Å². The van der Waals surface area contributed by atoms with Crippen LogP contribution in [0.5, 0.6) is 5.75 Å². The first-order valence-corrected chi connectivity index (χ1v) is 11.7. The van der Waals surface area contributed by atoms with Crippen molar-refractivity contribution in [2.45, 2.75) is 24.5 Å². The number of nitrogens with zero attached hydrogens (tertiary/aromatic N) is 1. The number of carbonyl (C=O) groups excluding carboxylic acids is 1. The Hall–Kier alpha value is -3.78. The first-order valence-electron chi connectivity index (χ1n) is 10.0. The zero-order valence-corrected chi connectivity index (χ0v) is 19.0. The largest absolute Gasteiger partial charge is 0.465 e. The molecule has 3 rings (SSSR count). The summed E-state index contributed by atoms with van der Waals surface area (Å²) in [5.74, 6) is -1.12. The average molecular weight is 467 g/mol. The third kappa shape index (κ3) is 7.40. The minimum absolute atomic E-state index is 0.0578. The van der Waals surface area contributed by atoms with Crippen molar-refractivity contribution >= 4 is 27.5 Å². The standard InChI is InChI=1S/C25H23FN2O4S/c1-18(2)16-32-23-13-20(12-21(26)14-23)17-33(30,31)24-8-6-22(7-9-24)28-25(29)10-5-19-4-3-11-27-15-19/h3-16H,17H2,1-2H3,(H,28,29)/b10-5+. The number of nitrogens with one attached hydrogen (secondary N) is 1. The molecule has 0 unspecified atom stereocenters. The zero-order valence-electron chi connectivity index (χ0n) is 18.2. The van der Waals surface area contributed by atoms with E-state index in [1.807, 2.05) is 19.9 Å². The highest BCUT2D eigenvalue weighted by Crippen LogP contribution is 2.23. The van der Waals surface area contributed by atoms with E-state index in [9.17, 15) is 17.6 Å². The van der Waals surface area contributed by atoms with Crippen molar-refractivity contribution in [3.8, 4) is 5.75 Å². The predicted molar refractivity (Wildman–Crippen MR) is 126 cm³/mol. The van der Waals surface area contributed by atoms with E-state index in [1.165, 1.54) is 48.7 Å². The second-order valence-electron chi connectivity index (χ2n) is 7.50. The van der Waals surface area contributed by atoms with Gasteiger partial charge >= 0.3 is 0 Å². The minimum atomic E-state index is -3.74. The van der Waals surface area contributed by atoms with Crippen molar-refractivity contribution < 1.29 is 22.3 Å². The number of rotatable bonds is 8. The number of hydrogen-bond acceptors (Lipinski definition) is 5. The van der Waals surface area contributed by atoms with Crippen LogP contribution in [0.4, 0.5) is 10.1 Å². The Bertz CT molecular complexity index is 1280. The fraction of sp³-hybridized carbons (Fsp3) is 0.120. The minimum Gasteiger partial charge on any atom is -0.465 e. The van der Waals surface area contributed by atoms with Crippen molar-refractivity contribution in [3.05, 3.63) is 102 Å². The Labute approximate surface area is 192 Å². The molecule has 0 bridgehead atoms. The molecular formula is C25H23FN2O4S. The summed E-state index contributed by atoms with van der Waals surface area (Å²) in [6.07, 6.45) is 7.71. The predicted octanol–water partition coefficient (Wildman–Crippen LogP) is 5.15. The van der Waals surface area contributed by atoms with E-state index in [0.29, 0.717) is 5.69 Å². The van der Waals surface area contributed by atoms with Crippen LogP contribution in [0.1, 0.15) is 25.0 Å². The SMILES string of the molecule is CC(C)=COc1cc(F)cc(CS(=O)(=O)c2ccc(NC(=O)/C=C/c3cccnc3)cc2)c1. The lowest BCUT2D eigenvalue weighted by molar-refractivity contribution is -0.111. The molecule has 1 aromatic heterocycles. The number of ether oxygens (including phenoxy) is 1. The number of allylic oxidation sites excluding steroid dienone is 1. The molecule has 0 saturated carbocycles. The summed E-state index contributed by atoms with van der Waals surface area (Å²) in [6.45, 7) is 3.65. The van der Waals surface area contributed by atoms with E-state index in [0.717, 1.165) is 17.2 Å². The molecule has 0 aliphatic rings. The van der Waals surface area contributed by atoms with E-state index in [4.69, 9.17) is 4.74 Å². The Morgan fingerprint density at radius 1 is 1.12 bits per heavy atom. The third-order valence-corrected chi connectivity index (χ3v) is 6.01. The van der Waals surface area contributed by atoms with Crippen molar-refractivity contribution in [2.24, 2.45) is 0 Å². The first kappa shape index (κ1) is 23.9. The molecule has 0 saturated heterocycles. The molecule has 33 heavy (non-hydrogen) atoms. The lowest BCUT2D eigenvalue weighted by Crippen LogP contribution is -2.09. The van der Waals surface area contributed by atoms with Crippen molar-refractivity contribution in [2.75, 3.05) is 5.32 Å². The van der Waals surface area contributed by atoms with Gasteiger partial charge in [-0.25, -0.2) is 12.8 Å². The van der Waals surface area contributed by atoms with Gasteiger partial charge in [0.25, 0.3) is 0 Å². The average Bonchev–Trinajstić information content (AvgIpc) is 2.77. The molecule has 2 aromatic carbocycles. The van der Waals surface area contributed by atoms with Crippen LogP contribution in [-0.4, -0.2) is 19.3 Å². The molecule has 1 heterocycles. The Kier molecular flexibility index (Phi) is 7.74. The van der Waals surface area contributed by atoms with Gasteiger partial charge in [0.05, 0.1) is 16.9 Å². The lowest BCUT2D eigenvalue weighted by Gasteiger charge is -2.09. The molecule has 1 amide bonds. The third-order valence-electron chi connectivity index (χ3n) is 4.31. The topological polar surface area (TPSA) is 85.4 Å². The van der Waals surface area contributed by atoms with Crippen LogP contribution in [0, 0.1) is 5.82 Å². The lowest BCUT2D eigenvalue weighted by atomic mass is 10.2. The molecule has 0 aliphatic carbocycles. The maximum absolute atomic E-state index is 13.9. The van der Waals surface area contributed by atoms with E-state index in [2.05, 4.69) is 10.3 Å². The van der Waals surface area contributed by atoms with Gasteiger partial charge in [0, 0.05) is 30.2 Å². The van der Waals surface area contributed by atoms with Gasteiger partial charge in [0.2, 0.25) is 5.91 Å². The summed E-state index contributed by atoms with van der Waals surface area (Å²) in [5.41, 5.74) is 2.37. The number of anilines is 1. The van der Waals surface area contributed by atoms with Crippen LogP contribution in [0.25, 0.3) is 6.08 Å².